The highest BCUT2D eigenvalue weighted by molar-refractivity contribution is 6.46. The number of aryl methyl sites for hydroxylation is 4. The van der Waals surface area contributed by atoms with Crippen LogP contribution < -0.4 is 9.80 Å². The first-order valence-electron chi connectivity index (χ1n) is 25.5. The highest BCUT2D eigenvalue weighted by Crippen LogP contribution is 2.59. The Balaban J connectivity index is 1.26. The standard InChI is InChI=1S/C70H52N2/c1-43-21-17-22-44(2)62(43)47-37-38-52-59(41-47)54-34-20-35-56-65(54)60(52)42-61-66(56)70(72(50-29-13-7-14-30-50)51-31-15-8-16-32-51)68-57-36-19-33-53-55(63-45(3)23-18-24-46(63)4)39-40-58(64(53)57)67(68)69(61)71(48-25-9-5-10-26-48)49-27-11-6-12-28-49/h5-7,9-15,17-42H,8,16H2,1-4H3. The molecular formula is C70H52N2. The van der Waals surface area contributed by atoms with E-state index in [1.807, 2.05) is 0 Å². The number of fused-ring (bicyclic) bond motifs is 8. The van der Waals surface area contributed by atoms with Gasteiger partial charge in [-0.05, 0) is 194 Å². The highest BCUT2D eigenvalue weighted by Gasteiger charge is 2.32. The maximum atomic E-state index is 2.60. The van der Waals surface area contributed by atoms with Crippen LogP contribution in [0.1, 0.15) is 35.1 Å². The first kappa shape index (κ1) is 42.2. The quantitative estimate of drug-likeness (QED) is 0.111. The molecule has 2 nitrogen and oxygen atoms in total. The van der Waals surface area contributed by atoms with Crippen LogP contribution in [-0.4, -0.2) is 0 Å². The zero-order chi connectivity index (χ0) is 48.2. The van der Waals surface area contributed by atoms with Crippen molar-refractivity contribution in [1.82, 2.24) is 0 Å². The summed E-state index contributed by atoms with van der Waals surface area (Å²) < 4.78 is 0. The summed E-state index contributed by atoms with van der Waals surface area (Å²) >= 11 is 0. The van der Waals surface area contributed by atoms with Crippen LogP contribution in [0.3, 0.4) is 0 Å². The van der Waals surface area contributed by atoms with Crippen LogP contribution in [0.5, 0.6) is 0 Å². The van der Waals surface area contributed by atoms with E-state index in [0.29, 0.717) is 0 Å². The molecule has 0 aliphatic heterocycles. The Labute approximate surface area is 420 Å². The Morgan fingerprint density at radius 2 is 0.833 bits per heavy atom. The van der Waals surface area contributed by atoms with Crippen LogP contribution in [0.2, 0.25) is 0 Å². The van der Waals surface area contributed by atoms with Crippen molar-refractivity contribution < 1.29 is 0 Å². The van der Waals surface area contributed by atoms with Gasteiger partial charge in [0.15, 0.2) is 0 Å². The molecule has 0 fully saturated rings. The van der Waals surface area contributed by atoms with E-state index < -0.39 is 0 Å². The Hall–Kier alpha value is -8.72. The smallest absolute Gasteiger partial charge is 0.0632 e. The minimum Gasteiger partial charge on any atom is -0.310 e. The number of hydrogen-bond acceptors (Lipinski definition) is 2. The minimum absolute atomic E-state index is 0.977. The molecule has 0 atom stereocenters. The first-order valence-corrected chi connectivity index (χ1v) is 25.5. The van der Waals surface area contributed by atoms with Gasteiger partial charge in [0.25, 0.3) is 0 Å². The predicted octanol–water partition coefficient (Wildman–Crippen LogP) is 20.0. The molecule has 1 aliphatic rings. The number of anilines is 5. The average molecular weight is 921 g/mol. The van der Waals surface area contributed by atoms with Crippen molar-refractivity contribution in [2.75, 3.05) is 9.80 Å². The van der Waals surface area contributed by atoms with Gasteiger partial charge in [-0.15, -0.1) is 0 Å². The number of para-hydroxylation sites is 3. The van der Waals surface area contributed by atoms with Gasteiger partial charge >= 0.3 is 0 Å². The predicted molar refractivity (Wildman–Crippen MR) is 311 cm³/mol. The summed E-state index contributed by atoms with van der Waals surface area (Å²) in [6.07, 6.45) is 9.16. The fraction of sp³-hybridized carbons (Fsp3) is 0.0857. The largest absolute Gasteiger partial charge is 0.310 e. The van der Waals surface area contributed by atoms with E-state index in [-0.39, 0.29) is 0 Å². The molecule has 0 unspecified atom stereocenters. The molecule has 0 aromatic heterocycles. The zero-order valence-corrected chi connectivity index (χ0v) is 41.1. The van der Waals surface area contributed by atoms with Crippen LogP contribution in [0.4, 0.5) is 28.4 Å². The molecule has 14 rings (SSSR count). The maximum absolute atomic E-state index is 2.60. The molecule has 1 aliphatic carbocycles. The van der Waals surface area contributed by atoms with E-state index in [1.165, 1.54) is 137 Å². The summed E-state index contributed by atoms with van der Waals surface area (Å²) in [6, 6.07) is 75.3. The molecule has 0 N–H and O–H groups in total. The molecule has 0 bridgehead atoms. The average Bonchev–Trinajstić information content (AvgIpc) is 3.92. The fourth-order valence-electron chi connectivity index (χ4n) is 12.9. The monoisotopic (exact) mass is 920 g/mol. The van der Waals surface area contributed by atoms with Crippen LogP contribution >= 0.6 is 0 Å². The number of benzene rings is 11. The lowest BCUT2D eigenvalue weighted by Gasteiger charge is -2.33. The van der Waals surface area contributed by atoms with E-state index in [2.05, 4.69) is 256 Å². The number of rotatable bonds is 8. The van der Waals surface area contributed by atoms with Gasteiger partial charge in [0.05, 0.1) is 11.4 Å². The summed E-state index contributed by atoms with van der Waals surface area (Å²) in [7, 11) is 0. The molecule has 0 saturated heterocycles. The number of nitrogens with zero attached hydrogens (tertiary/aromatic N) is 2. The molecule has 0 heterocycles. The SMILES string of the molecule is Cc1cccc(C)c1-c1ccc2c(c1)c1cccc3c4c(N(C5=CCCC=C5)c5ccccc5)c5c6cccc7c(-c8c(C)cccc8C)ccc(c5c(N(c5ccccc5)c5ccccc5)c4cc2c13)c76. The van der Waals surface area contributed by atoms with E-state index >= 15 is 0 Å². The zero-order valence-electron chi connectivity index (χ0n) is 41.1. The molecule has 342 valence electrons. The Bertz CT molecular complexity index is 4270. The topological polar surface area (TPSA) is 6.48 Å². The molecule has 13 aromatic rings. The van der Waals surface area contributed by atoms with Crippen molar-refractivity contribution >= 4 is 104 Å². The van der Waals surface area contributed by atoms with Gasteiger partial charge < -0.3 is 9.80 Å². The summed E-state index contributed by atoms with van der Waals surface area (Å²) in [4.78, 5) is 5.15. The molecule has 2 heteroatoms. The number of allylic oxidation sites excluding steroid dienone is 3. The first-order chi connectivity index (χ1) is 35.4. The van der Waals surface area contributed by atoms with E-state index in [4.69, 9.17) is 0 Å². The van der Waals surface area contributed by atoms with E-state index in [0.717, 1.165) is 29.9 Å². The normalized spacial score (nSPS) is 12.9. The third kappa shape index (κ3) is 6.22. The molecule has 0 amide bonds. The Morgan fingerprint density at radius 3 is 1.46 bits per heavy atom. The van der Waals surface area contributed by atoms with Gasteiger partial charge in [-0.3, -0.25) is 0 Å². The van der Waals surface area contributed by atoms with Gasteiger partial charge in [-0.25, -0.2) is 0 Å². The van der Waals surface area contributed by atoms with Crippen LogP contribution in [-0.2, 0) is 0 Å². The summed E-state index contributed by atoms with van der Waals surface area (Å²) in [5.41, 5.74) is 17.3. The Morgan fingerprint density at radius 1 is 0.319 bits per heavy atom. The van der Waals surface area contributed by atoms with Gasteiger partial charge in [0.2, 0.25) is 0 Å². The van der Waals surface area contributed by atoms with Crippen molar-refractivity contribution in [3.63, 3.8) is 0 Å². The fourth-order valence-corrected chi connectivity index (χ4v) is 12.9. The van der Waals surface area contributed by atoms with Crippen molar-refractivity contribution in [2.45, 2.75) is 40.5 Å². The second-order valence-electron chi connectivity index (χ2n) is 20.0. The van der Waals surface area contributed by atoms with Gasteiger partial charge in [0, 0.05) is 44.3 Å². The van der Waals surface area contributed by atoms with Crippen molar-refractivity contribution in [3.8, 4) is 22.3 Å². The van der Waals surface area contributed by atoms with Crippen LogP contribution in [0.25, 0.3) is 97.7 Å². The third-order valence-electron chi connectivity index (χ3n) is 15.8. The lowest BCUT2D eigenvalue weighted by molar-refractivity contribution is 0.999. The second-order valence-corrected chi connectivity index (χ2v) is 20.0. The summed E-state index contributed by atoms with van der Waals surface area (Å²) in [6.45, 7) is 9.00. The lowest BCUT2D eigenvalue weighted by Crippen LogP contribution is -2.18. The van der Waals surface area contributed by atoms with Gasteiger partial charge in [0.1, 0.15) is 0 Å². The molecule has 72 heavy (non-hydrogen) atoms. The van der Waals surface area contributed by atoms with Gasteiger partial charge in [-0.2, -0.15) is 0 Å². The number of hydrogen-bond donors (Lipinski definition) is 0. The molecular weight excluding hydrogens is 869 g/mol. The van der Waals surface area contributed by atoms with Crippen LogP contribution in [0.15, 0.2) is 224 Å². The van der Waals surface area contributed by atoms with Crippen molar-refractivity contribution in [3.05, 3.63) is 246 Å². The van der Waals surface area contributed by atoms with E-state index in [1.54, 1.807) is 0 Å². The van der Waals surface area contributed by atoms with Gasteiger partial charge in [-0.1, -0.05) is 164 Å². The molecule has 0 radical (unpaired) electrons. The van der Waals surface area contributed by atoms with Crippen LogP contribution in [0, 0.1) is 27.7 Å². The third-order valence-corrected chi connectivity index (χ3v) is 15.8. The molecule has 13 aromatic carbocycles. The summed E-state index contributed by atoms with van der Waals surface area (Å²) in [5, 5.41) is 17.7. The second kappa shape index (κ2) is 16.4. The maximum Gasteiger partial charge on any atom is 0.0632 e. The van der Waals surface area contributed by atoms with Crippen molar-refractivity contribution in [2.24, 2.45) is 0 Å². The summed E-state index contributed by atoms with van der Waals surface area (Å²) in [5.74, 6) is 0. The lowest BCUT2D eigenvalue weighted by atomic mass is 9.90. The van der Waals surface area contributed by atoms with Crippen molar-refractivity contribution in [1.29, 1.82) is 0 Å². The molecule has 0 spiro atoms. The Kier molecular flexibility index (Phi) is 9.63. The minimum atomic E-state index is 0.977. The molecule has 0 saturated carbocycles. The van der Waals surface area contributed by atoms with E-state index in [9.17, 15) is 0 Å². The highest BCUT2D eigenvalue weighted by atomic mass is 15.2.